The Morgan fingerprint density at radius 1 is 1.63 bits per heavy atom. The molecule has 1 atom stereocenters. The second kappa shape index (κ2) is 5.35. The second-order valence-corrected chi connectivity index (χ2v) is 4.08. The lowest BCUT2D eigenvalue weighted by Crippen LogP contribution is -2.58. The minimum Gasteiger partial charge on any atom is -0.479 e. The minimum atomic E-state index is -5.23. The molecule has 19 heavy (non-hydrogen) atoms. The van der Waals surface area contributed by atoms with Crippen molar-refractivity contribution in [1.82, 2.24) is 9.78 Å². The van der Waals surface area contributed by atoms with Crippen LogP contribution in [0.1, 0.15) is 5.69 Å². The molecule has 1 rings (SSSR count). The lowest BCUT2D eigenvalue weighted by Gasteiger charge is -2.28. The standard InChI is InChI=1S/C9H11ClF3N3O3/c1-19-3-2-16-6(5(10)4-15-16)8(14,7(17)18)9(11,12)13/h4H,2-3,14H2,1H3,(H,17,18). The summed E-state index contributed by atoms with van der Waals surface area (Å²) in [6.07, 6.45) is -4.32. The number of carbonyl (C=O) groups is 1. The molecule has 0 aromatic carbocycles. The van der Waals surface area contributed by atoms with E-state index in [0.717, 1.165) is 10.9 Å². The molecule has 1 aromatic heterocycles. The SMILES string of the molecule is COCCn1ncc(Cl)c1C(N)(C(=O)O)C(F)(F)F. The summed E-state index contributed by atoms with van der Waals surface area (Å²) in [5.41, 5.74) is 0.588. The maximum absolute atomic E-state index is 13.0. The van der Waals surface area contributed by atoms with Gasteiger partial charge in [0.1, 0.15) is 0 Å². The Labute approximate surface area is 110 Å². The predicted octanol–water partition coefficient (Wildman–Crippen LogP) is 0.984. The van der Waals surface area contributed by atoms with E-state index in [0.29, 0.717) is 0 Å². The van der Waals surface area contributed by atoms with E-state index in [9.17, 15) is 18.0 Å². The van der Waals surface area contributed by atoms with Gasteiger partial charge < -0.3 is 15.6 Å². The van der Waals surface area contributed by atoms with Crippen molar-refractivity contribution >= 4 is 17.6 Å². The number of nitrogens with two attached hydrogens (primary N) is 1. The minimum absolute atomic E-state index is 0.0264. The Bertz CT molecular complexity index is 477. The Morgan fingerprint density at radius 2 is 2.21 bits per heavy atom. The topological polar surface area (TPSA) is 90.4 Å². The van der Waals surface area contributed by atoms with Gasteiger partial charge in [0.05, 0.1) is 30.1 Å². The molecule has 1 aromatic rings. The van der Waals surface area contributed by atoms with E-state index < -0.39 is 28.4 Å². The van der Waals surface area contributed by atoms with Crippen molar-refractivity contribution in [3.05, 3.63) is 16.9 Å². The summed E-state index contributed by atoms with van der Waals surface area (Å²) in [7, 11) is 1.33. The highest BCUT2D eigenvalue weighted by Crippen LogP contribution is 2.40. The normalized spacial score (nSPS) is 15.3. The number of carboxylic acid groups (broad SMARTS) is 1. The van der Waals surface area contributed by atoms with Crippen LogP contribution in [-0.2, 0) is 21.6 Å². The van der Waals surface area contributed by atoms with Gasteiger partial charge in [-0.05, 0) is 0 Å². The number of hydrogen-bond donors (Lipinski definition) is 2. The van der Waals surface area contributed by atoms with Gasteiger partial charge >= 0.3 is 12.1 Å². The van der Waals surface area contributed by atoms with Crippen molar-refractivity contribution in [3.63, 3.8) is 0 Å². The molecular weight excluding hydrogens is 291 g/mol. The van der Waals surface area contributed by atoms with Gasteiger partial charge in [-0.1, -0.05) is 11.6 Å². The molecule has 0 bridgehead atoms. The molecular formula is C9H11ClF3N3O3. The van der Waals surface area contributed by atoms with Crippen LogP contribution >= 0.6 is 11.6 Å². The molecule has 0 saturated carbocycles. The largest absolute Gasteiger partial charge is 0.479 e. The molecule has 0 spiro atoms. The number of aliphatic carboxylic acids is 1. The quantitative estimate of drug-likeness (QED) is 0.846. The number of alkyl halides is 3. The molecule has 6 nitrogen and oxygen atoms in total. The Morgan fingerprint density at radius 3 is 2.63 bits per heavy atom. The molecule has 108 valence electrons. The van der Waals surface area contributed by atoms with Crippen molar-refractivity contribution in [3.8, 4) is 0 Å². The first-order chi connectivity index (χ1) is 8.66. The lowest BCUT2D eigenvalue weighted by atomic mass is 9.95. The van der Waals surface area contributed by atoms with Gasteiger partial charge in [-0.2, -0.15) is 18.3 Å². The Balaban J connectivity index is 3.39. The maximum atomic E-state index is 13.0. The van der Waals surface area contributed by atoms with Crippen molar-refractivity contribution in [2.75, 3.05) is 13.7 Å². The first-order valence-corrected chi connectivity index (χ1v) is 5.33. The third kappa shape index (κ3) is 2.67. The van der Waals surface area contributed by atoms with Crippen molar-refractivity contribution in [1.29, 1.82) is 0 Å². The number of ether oxygens (including phenoxy) is 1. The van der Waals surface area contributed by atoms with Crippen LogP contribution in [-0.4, -0.2) is 40.7 Å². The van der Waals surface area contributed by atoms with Crippen LogP contribution in [0.25, 0.3) is 0 Å². The zero-order chi connectivity index (χ0) is 14.8. The van der Waals surface area contributed by atoms with Gasteiger partial charge in [-0.15, -0.1) is 0 Å². The summed E-state index contributed by atoms with van der Waals surface area (Å²) >= 11 is 5.59. The van der Waals surface area contributed by atoms with Crippen LogP contribution in [0.2, 0.25) is 5.02 Å². The highest BCUT2D eigenvalue weighted by Gasteiger charge is 2.62. The summed E-state index contributed by atoms with van der Waals surface area (Å²) < 4.78 is 44.4. The van der Waals surface area contributed by atoms with E-state index in [4.69, 9.17) is 27.2 Å². The van der Waals surface area contributed by atoms with Crippen LogP contribution < -0.4 is 5.73 Å². The smallest absolute Gasteiger partial charge is 0.423 e. The van der Waals surface area contributed by atoms with Gasteiger partial charge in [-0.3, -0.25) is 4.68 Å². The van der Waals surface area contributed by atoms with Gasteiger partial charge in [0.15, 0.2) is 0 Å². The van der Waals surface area contributed by atoms with Crippen LogP contribution in [0, 0.1) is 0 Å². The number of halogens is 4. The van der Waals surface area contributed by atoms with Gasteiger partial charge in [0.25, 0.3) is 5.54 Å². The van der Waals surface area contributed by atoms with E-state index >= 15 is 0 Å². The third-order valence-electron chi connectivity index (χ3n) is 2.46. The Hall–Kier alpha value is -1.32. The van der Waals surface area contributed by atoms with Crippen LogP contribution in [0.3, 0.4) is 0 Å². The average Bonchev–Trinajstić information content (AvgIpc) is 2.65. The first-order valence-electron chi connectivity index (χ1n) is 4.96. The first kappa shape index (κ1) is 15.7. The molecule has 0 saturated heterocycles. The summed E-state index contributed by atoms with van der Waals surface area (Å²) in [6.45, 7) is -0.0839. The van der Waals surface area contributed by atoms with Crippen molar-refractivity contribution < 1.29 is 27.8 Å². The third-order valence-corrected chi connectivity index (χ3v) is 2.74. The van der Waals surface area contributed by atoms with E-state index in [-0.39, 0.29) is 13.2 Å². The highest BCUT2D eigenvalue weighted by atomic mass is 35.5. The lowest BCUT2D eigenvalue weighted by molar-refractivity contribution is -0.206. The summed E-state index contributed by atoms with van der Waals surface area (Å²) in [4.78, 5) is 11.0. The molecule has 0 fully saturated rings. The van der Waals surface area contributed by atoms with Gasteiger partial charge in [0.2, 0.25) is 0 Å². The number of carboxylic acids is 1. The molecule has 10 heteroatoms. The molecule has 0 radical (unpaired) electrons. The number of nitrogens with zero attached hydrogens (tertiary/aromatic N) is 2. The molecule has 1 unspecified atom stereocenters. The molecule has 0 aliphatic heterocycles. The number of rotatable bonds is 5. The fraction of sp³-hybridized carbons (Fsp3) is 0.556. The van der Waals surface area contributed by atoms with E-state index in [1.807, 2.05) is 0 Å². The second-order valence-electron chi connectivity index (χ2n) is 3.67. The molecule has 0 aliphatic rings. The summed E-state index contributed by atoms with van der Waals surface area (Å²) in [5, 5.41) is 11.9. The monoisotopic (exact) mass is 301 g/mol. The van der Waals surface area contributed by atoms with Crippen LogP contribution in [0.4, 0.5) is 13.2 Å². The highest BCUT2D eigenvalue weighted by molar-refractivity contribution is 6.31. The van der Waals surface area contributed by atoms with Crippen LogP contribution in [0.15, 0.2) is 6.20 Å². The molecule has 0 aliphatic carbocycles. The fourth-order valence-corrected chi connectivity index (χ4v) is 1.75. The molecule has 1 heterocycles. The average molecular weight is 302 g/mol. The van der Waals surface area contributed by atoms with Gasteiger partial charge in [-0.25, -0.2) is 4.79 Å². The van der Waals surface area contributed by atoms with Gasteiger partial charge in [0, 0.05) is 7.11 Å². The molecule has 3 N–H and O–H groups in total. The fourth-order valence-electron chi connectivity index (χ4n) is 1.46. The molecule has 0 amide bonds. The van der Waals surface area contributed by atoms with Crippen molar-refractivity contribution in [2.45, 2.75) is 18.3 Å². The zero-order valence-corrected chi connectivity index (χ0v) is 10.5. The van der Waals surface area contributed by atoms with Crippen LogP contribution in [0.5, 0.6) is 0 Å². The summed E-state index contributed by atoms with van der Waals surface area (Å²) in [5.74, 6) is -2.26. The maximum Gasteiger partial charge on any atom is 0.423 e. The Kier molecular flexibility index (Phi) is 4.43. The van der Waals surface area contributed by atoms with Crippen molar-refractivity contribution in [2.24, 2.45) is 5.73 Å². The van der Waals surface area contributed by atoms with E-state index in [2.05, 4.69) is 5.10 Å². The predicted molar refractivity (Wildman–Crippen MR) is 58.7 cm³/mol. The number of aromatic nitrogens is 2. The van der Waals surface area contributed by atoms with E-state index in [1.54, 1.807) is 0 Å². The number of methoxy groups -OCH3 is 1. The zero-order valence-electron chi connectivity index (χ0n) is 9.74. The van der Waals surface area contributed by atoms with E-state index in [1.165, 1.54) is 7.11 Å². The summed E-state index contributed by atoms with van der Waals surface area (Å²) in [6, 6.07) is 0. The number of hydrogen-bond acceptors (Lipinski definition) is 4.